The van der Waals surface area contributed by atoms with Gasteiger partial charge in [-0.05, 0) is 19.3 Å². The van der Waals surface area contributed by atoms with E-state index in [-0.39, 0.29) is 5.97 Å². The molecule has 0 aromatic heterocycles. The lowest BCUT2D eigenvalue weighted by Crippen LogP contribution is -1.92. The second-order valence-corrected chi connectivity index (χ2v) is 5.71. The van der Waals surface area contributed by atoms with Crippen LogP contribution in [0, 0.1) is 0 Å². The Bertz CT molecular complexity index is 295. The normalized spacial score (nSPS) is 11.5. The van der Waals surface area contributed by atoms with Crippen LogP contribution in [0.25, 0.3) is 0 Å². The topological polar surface area (TPSA) is 46.5 Å². The zero-order chi connectivity index (χ0) is 16.3. The summed E-state index contributed by atoms with van der Waals surface area (Å²) in [6.07, 6.45) is 22.3. The smallest absolute Gasteiger partial charge is 0.330 e. The second kappa shape index (κ2) is 18.0. The Balaban J connectivity index is 3.16. The maximum atomic E-state index is 10.8. The van der Waals surface area contributed by atoms with Crippen LogP contribution in [-0.4, -0.2) is 24.8 Å². The molecular weight excluding hydrogens is 276 g/mol. The summed E-state index contributed by atoms with van der Waals surface area (Å²) >= 11 is 0. The van der Waals surface area contributed by atoms with Crippen LogP contribution in [0.5, 0.6) is 0 Å². The maximum Gasteiger partial charge on any atom is 0.330 e. The van der Waals surface area contributed by atoms with Crippen molar-refractivity contribution in [1.82, 2.24) is 0 Å². The molecule has 0 rings (SSSR count). The van der Waals surface area contributed by atoms with Gasteiger partial charge >= 0.3 is 5.97 Å². The lowest BCUT2D eigenvalue weighted by atomic mass is 10.1. The van der Waals surface area contributed by atoms with Gasteiger partial charge < -0.3 is 9.84 Å². The van der Waals surface area contributed by atoms with Crippen molar-refractivity contribution in [2.45, 2.75) is 77.0 Å². The highest BCUT2D eigenvalue weighted by molar-refractivity contribution is 5.82. The number of carbonyl (C=O) groups excluding carboxylic acids is 1. The zero-order valence-corrected chi connectivity index (χ0v) is 14.3. The molecule has 0 radical (unpaired) electrons. The van der Waals surface area contributed by atoms with E-state index in [1.54, 1.807) is 6.08 Å². The number of allylic oxidation sites excluding steroid dienone is 3. The number of aliphatic hydroxyl groups is 1. The molecule has 0 fully saturated rings. The number of ether oxygens (including phenoxy) is 1. The fraction of sp³-hybridized carbons (Fsp3) is 0.737. The molecule has 0 saturated heterocycles. The van der Waals surface area contributed by atoms with E-state index in [1.165, 1.54) is 77.4 Å². The van der Waals surface area contributed by atoms with Gasteiger partial charge in [0.05, 0.1) is 7.11 Å². The first-order valence-corrected chi connectivity index (χ1v) is 8.83. The third-order valence-electron chi connectivity index (χ3n) is 3.71. The van der Waals surface area contributed by atoms with Gasteiger partial charge in [0.1, 0.15) is 0 Å². The third kappa shape index (κ3) is 17.0. The number of carbonyl (C=O) groups is 1. The SMILES string of the molecule is COC(=O)/C=C/C=C/CCCCCCCCCCCCCO. The summed E-state index contributed by atoms with van der Waals surface area (Å²) in [6.45, 7) is 0.344. The van der Waals surface area contributed by atoms with Gasteiger partial charge in [0.2, 0.25) is 0 Å². The van der Waals surface area contributed by atoms with Gasteiger partial charge in [0, 0.05) is 12.7 Å². The molecule has 0 atom stereocenters. The molecular formula is C19H34O3. The highest BCUT2D eigenvalue weighted by atomic mass is 16.5. The zero-order valence-electron chi connectivity index (χ0n) is 14.3. The van der Waals surface area contributed by atoms with Gasteiger partial charge in [-0.3, -0.25) is 0 Å². The summed E-state index contributed by atoms with van der Waals surface area (Å²) in [6, 6.07) is 0. The number of esters is 1. The van der Waals surface area contributed by atoms with Crippen molar-refractivity contribution in [2.24, 2.45) is 0 Å². The molecule has 0 aromatic rings. The molecule has 0 saturated carbocycles. The molecule has 0 aromatic carbocycles. The Morgan fingerprint density at radius 3 is 1.82 bits per heavy atom. The van der Waals surface area contributed by atoms with E-state index in [9.17, 15) is 4.79 Å². The number of rotatable bonds is 15. The summed E-state index contributed by atoms with van der Waals surface area (Å²) in [5, 5.41) is 8.68. The van der Waals surface area contributed by atoms with Crippen LogP contribution in [0.15, 0.2) is 24.3 Å². The van der Waals surface area contributed by atoms with Crippen molar-refractivity contribution < 1.29 is 14.6 Å². The van der Waals surface area contributed by atoms with E-state index in [0.29, 0.717) is 6.61 Å². The minimum absolute atomic E-state index is 0.307. The average Bonchev–Trinajstić information content (AvgIpc) is 2.54. The molecule has 0 aliphatic heterocycles. The summed E-state index contributed by atoms with van der Waals surface area (Å²) < 4.78 is 4.50. The first kappa shape index (κ1) is 20.9. The van der Waals surface area contributed by atoms with Gasteiger partial charge in [0.25, 0.3) is 0 Å². The summed E-state index contributed by atoms with van der Waals surface area (Å²) in [5.74, 6) is -0.307. The van der Waals surface area contributed by atoms with Crippen molar-refractivity contribution in [3.8, 4) is 0 Å². The average molecular weight is 310 g/mol. The molecule has 22 heavy (non-hydrogen) atoms. The summed E-state index contributed by atoms with van der Waals surface area (Å²) in [5.41, 5.74) is 0. The van der Waals surface area contributed by atoms with E-state index >= 15 is 0 Å². The molecule has 0 aliphatic carbocycles. The van der Waals surface area contributed by atoms with Crippen LogP contribution >= 0.6 is 0 Å². The molecule has 0 bridgehead atoms. The van der Waals surface area contributed by atoms with Crippen molar-refractivity contribution in [3.63, 3.8) is 0 Å². The number of hydrogen-bond acceptors (Lipinski definition) is 3. The van der Waals surface area contributed by atoms with Crippen LogP contribution in [0.1, 0.15) is 77.0 Å². The van der Waals surface area contributed by atoms with Crippen LogP contribution in [0.3, 0.4) is 0 Å². The largest absolute Gasteiger partial charge is 0.466 e. The van der Waals surface area contributed by atoms with Gasteiger partial charge in [-0.15, -0.1) is 0 Å². The lowest BCUT2D eigenvalue weighted by molar-refractivity contribution is -0.134. The third-order valence-corrected chi connectivity index (χ3v) is 3.71. The molecule has 3 nitrogen and oxygen atoms in total. The molecule has 0 heterocycles. The van der Waals surface area contributed by atoms with E-state index in [1.807, 2.05) is 6.08 Å². The van der Waals surface area contributed by atoms with E-state index in [4.69, 9.17) is 5.11 Å². The van der Waals surface area contributed by atoms with Crippen molar-refractivity contribution in [2.75, 3.05) is 13.7 Å². The molecule has 3 heteroatoms. The predicted octanol–water partition coefficient (Wildman–Crippen LogP) is 4.95. The quantitative estimate of drug-likeness (QED) is 0.201. The molecule has 1 N–H and O–H groups in total. The van der Waals surface area contributed by atoms with Crippen LogP contribution in [0.2, 0.25) is 0 Å². The van der Waals surface area contributed by atoms with Gasteiger partial charge in [-0.1, -0.05) is 76.0 Å². The maximum absolute atomic E-state index is 10.8. The fourth-order valence-electron chi connectivity index (χ4n) is 2.34. The number of hydrogen-bond donors (Lipinski definition) is 1. The number of methoxy groups -OCH3 is 1. The fourth-order valence-corrected chi connectivity index (χ4v) is 2.34. The number of unbranched alkanes of at least 4 members (excludes halogenated alkanes) is 11. The Kier molecular flexibility index (Phi) is 17.1. The van der Waals surface area contributed by atoms with Gasteiger partial charge in [0.15, 0.2) is 0 Å². The van der Waals surface area contributed by atoms with Crippen molar-refractivity contribution in [1.29, 1.82) is 0 Å². The van der Waals surface area contributed by atoms with Gasteiger partial charge in [-0.2, -0.15) is 0 Å². The molecule has 0 spiro atoms. The highest BCUT2D eigenvalue weighted by Gasteiger charge is 1.93. The minimum Gasteiger partial charge on any atom is -0.466 e. The van der Waals surface area contributed by atoms with Crippen LogP contribution in [-0.2, 0) is 9.53 Å². The Morgan fingerprint density at radius 1 is 0.818 bits per heavy atom. The first-order chi connectivity index (χ1) is 10.8. The Labute approximate surface area is 136 Å². The van der Waals surface area contributed by atoms with E-state index < -0.39 is 0 Å². The van der Waals surface area contributed by atoms with E-state index in [0.717, 1.165) is 12.8 Å². The standard InChI is InChI=1S/C19H34O3/c1-22-19(21)17-15-13-11-9-7-5-3-2-4-6-8-10-12-14-16-18-20/h11,13,15,17,20H,2-10,12,14,16,18H2,1H3/b13-11+,17-15+. The Morgan fingerprint density at radius 2 is 1.32 bits per heavy atom. The Hall–Kier alpha value is -1.09. The predicted molar refractivity (Wildman–Crippen MR) is 92.8 cm³/mol. The first-order valence-electron chi connectivity index (χ1n) is 8.83. The molecule has 0 amide bonds. The summed E-state index contributed by atoms with van der Waals surface area (Å²) in [4.78, 5) is 10.8. The van der Waals surface area contributed by atoms with Crippen LogP contribution < -0.4 is 0 Å². The molecule has 0 unspecified atom stereocenters. The van der Waals surface area contributed by atoms with Gasteiger partial charge in [-0.25, -0.2) is 4.79 Å². The van der Waals surface area contributed by atoms with Crippen molar-refractivity contribution >= 4 is 5.97 Å². The minimum atomic E-state index is -0.307. The molecule has 0 aliphatic rings. The monoisotopic (exact) mass is 310 g/mol. The lowest BCUT2D eigenvalue weighted by Gasteiger charge is -2.02. The van der Waals surface area contributed by atoms with E-state index in [2.05, 4.69) is 10.8 Å². The highest BCUT2D eigenvalue weighted by Crippen LogP contribution is 2.12. The van der Waals surface area contributed by atoms with Crippen molar-refractivity contribution in [3.05, 3.63) is 24.3 Å². The molecule has 128 valence electrons. The number of aliphatic hydroxyl groups excluding tert-OH is 1. The summed E-state index contributed by atoms with van der Waals surface area (Å²) in [7, 11) is 1.38. The second-order valence-electron chi connectivity index (χ2n) is 5.71. The van der Waals surface area contributed by atoms with Crippen LogP contribution in [0.4, 0.5) is 0 Å².